The number of aliphatic imine (C=N–C) groups is 1. The molecule has 1 aliphatic rings. The minimum Gasteiger partial charge on any atom is -0.454 e. The summed E-state index contributed by atoms with van der Waals surface area (Å²) in [5.74, 6) is 0.822. The summed E-state index contributed by atoms with van der Waals surface area (Å²) >= 11 is 3.45. The van der Waals surface area contributed by atoms with Gasteiger partial charge in [0.2, 0.25) is 6.79 Å². The summed E-state index contributed by atoms with van der Waals surface area (Å²) in [6.07, 6.45) is 1.58. The Bertz CT molecular complexity index is 789. The van der Waals surface area contributed by atoms with E-state index in [1.165, 1.54) is 12.1 Å². The zero-order chi connectivity index (χ0) is 15.7. The molecule has 0 N–H and O–H groups in total. The van der Waals surface area contributed by atoms with Crippen molar-refractivity contribution in [2.75, 3.05) is 6.79 Å². The molecule has 0 atom stereocenters. The van der Waals surface area contributed by atoms with E-state index in [1.807, 2.05) is 25.1 Å². The van der Waals surface area contributed by atoms with E-state index in [4.69, 9.17) is 9.47 Å². The van der Waals surface area contributed by atoms with Gasteiger partial charge in [-0.15, -0.1) is 0 Å². The first kappa shape index (κ1) is 14.5. The molecule has 0 radical (unpaired) electrons. The molecule has 112 valence electrons. The normalized spacial score (nSPS) is 12.8. The molecule has 0 unspecified atom stereocenters. The van der Waals surface area contributed by atoms with Crippen LogP contribution in [0.2, 0.25) is 0 Å². The summed E-state index contributed by atoms with van der Waals surface area (Å²) in [5, 5.41) is 11.2. The number of aryl methyl sites for hydroxylation is 1. The summed E-state index contributed by atoms with van der Waals surface area (Å²) in [6, 6.07) is 8.63. The van der Waals surface area contributed by atoms with Gasteiger partial charge in [0.15, 0.2) is 11.5 Å². The van der Waals surface area contributed by atoms with Crippen LogP contribution in [0.15, 0.2) is 39.8 Å². The second-order valence-electron chi connectivity index (χ2n) is 4.73. The van der Waals surface area contributed by atoms with Gasteiger partial charge in [0.1, 0.15) is 5.69 Å². The van der Waals surface area contributed by atoms with Crippen molar-refractivity contribution in [2.45, 2.75) is 6.92 Å². The monoisotopic (exact) mass is 362 g/mol. The molecular formula is C15H11BrN2O4. The quantitative estimate of drug-likeness (QED) is 0.467. The number of ether oxygens (including phenoxy) is 2. The van der Waals surface area contributed by atoms with Crippen LogP contribution in [-0.2, 0) is 0 Å². The zero-order valence-corrected chi connectivity index (χ0v) is 13.2. The Morgan fingerprint density at radius 3 is 2.68 bits per heavy atom. The van der Waals surface area contributed by atoms with E-state index >= 15 is 0 Å². The number of hydrogen-bond acceptors (Lipinski definition) is 5. The first-order chi connectivity index (χ1) is 10.5. The first-order valence-corrected chi connectivity index (χ1v) is 7.22. The number of rotatable bonds is 3. The molecule has 0 aliphatic carbocycles. The fourth-order valence-electron chi connectivity index (χ4n) is 2.05. The van der Waals surface area contributed by atoms with Crippen LogP contribution >= 0.6 is 15.9 Å². The largest absolute Gasteiger partial charge is 0.454 e. The number of fused-ring (bicyclic) bond motifs is 1. The summed E-state index contributed by atoms with van der Waals surface area (Å²) in [5.41, 5.74) is 2.04. The van der Waals surface area contributed by atoms with E-state index < -0.39 is 4.92 Å². The number of nitro benzene ring substituents is 1. The van der Waals surface area contributed by atoms with Crippen LogP contribution in [0.25, 0.3) is 0 Å². The zero-order valence-electron chi connectivity index (χ0n) is 11.6. The van der Waals surface area contributed by atoms with Gasteiger partial charge >= 0.3 is 0 Å². The molecule has 6 nitrogen and oxygen atoms in total. The number of halogens is 1. The summed E-state index contributed by atoms with van der Waals surface area (Å²) in [4.78, 5) is 14.9. The Labute approximate surface area is 134 Å². The van der Waals surface area contributed by atoms with E-state index in [2.05, 4.69) is 20.9 Å². The minimum absolute atomic E-state index is 0.0587. The van der Waals surface area contributed by atoms with Crippen LogP contribution in [-0.4, -0.2) is 17.9 Å². The highest BCUT2D eigenvalue weighted by atomic mass is 79.9. The highest BCUT2D eigenvalue weighted by Crippen LogP contribution is 2.41. The molecule has 1 aliphatic heterocycles. The molecule has 0 bridgehead atoms. The van der Waals surface area contributed by atoms with Crippen LogP contribution in [0.4, 0.5) is 11.4 Å². The fraction of sp³-hybridized carbons (Fsp3) is 0.133. The predicted octanol–water partition coefficient (Wildman–Crippen LogP) is 4.15. The maximum absolute atomic E-state index is 11.2. The smallest absolute Gasteiger partial charge is 0.298 e. The molecule has 7 heteroatoms. The molecule has 2 aromatic carbocycles. The molecule has 3 rings (SSSR count). The lowest BCUT2D eigenvalue weighted by atomic mass is 10.2. The molecule has 0 spiro atoms. The lowest BCUT2D eigenvalue weighted by Gasteiger charge is -2.02. The van der Waals surface area contributed by atoms with Crippen molar-refractivity contribution in [3.63, 3.8) is 0 Å². The maximum Gasteiger partial charge on any atom is 0.298 e. The Hall–Kier alpha value is -2.41. The third-order valence-corrected chi connectivity index (χ3v) is 3.85. The Balaban J connectivity index is 2.00. The molecular weight excluding hydrogens is 352 g/mol. The van der Waals surface area contributed by atoms with Crippen molar-refractivity contribution in [3.8, 4) is 11.5 Å². The summed E-state index contributed by atoms with van der Waals surface area (Å²) in [6.45, 7) is 2.04. The fourth-order valence-corrected chi connectivity index (χ4v) is 2.64. The van der Waals surface area contributed by atoms with Gasteiger partial charge < -0.3 is 9.47 Å². The van der Waals surface area contributed by atoms with Gasteiger partial charge in [-0.05, 0) is 18.6 Å². The van der Waals surface area contributed by atoms with E-state index in [1.54, 1.807) is 6.21 Å². The minimum atomic E-state index is -0.487. The Morgan fingerprint density at radius 2 is 2.00 bits per heavy atom. The molecule has 0 amide bonds. The maximum atomic E-state index is 11.2. The first-order valence-electron chi connectivity index (χ1n) is 6.43. The van der Waals surface area contributed by atoms with Gasteiger partial charge in [0, 0.05) is 22.3 Å². The van der Waals surface area contributed by atoms with Crippen molar-refractivity contribution >= 4 is 33.5 Å². The molecule has 2 aromatic rings. The van der Waals surface area contributed by atoms with Gasteiger partial charge in [-0.3, -0.25) is 10.1 Å². The molecule has 0 fully saturated rings. The Kier molecular flexibility index (Phi) is 3.81. The second kappa shape index (κ2) is 5.76. The van der Waals surface area contributed by atoms with E-state index in [0.29, 0.717) is 11.5 Å². The van der Waals surface area contributed by atoms with Gasteiger partial charge in [-0.1, -0.05) is 28.1 Å². The van der Waals surface area contributed by atoms with Crippen molar-refractivity contribution in [1.82, 2.24) is 0 Å². The molecule has 22 heavy (non-hydrogen) atoms. The van der Waals surface area contributed by atoms with Crippen molar-refractivity contribution in [2.24, 2.45) is 4.99 Å². The van der Waals surface area contributed by atoms with Gasteiger partial charge in [-0.2, -0.15) is 0 Å². The van der Waals surface area contributed by atoms with Gasteiger partial charge in [0.25, 0.3) is 5.69 Å². The molecule has 0 saturated heterocycles. The predicted molar refractivity (Wildman–Crippen MR) is 85.4 cm³/mol. The number of nitrogens with zero attached hydrogens (tertiary/aromatic N) is 2. The number of benzene rings is 2. The van der Waals surface area contributed by atoms with Crippen LogP contribution in [0.1, 0.15) is 11.1 Å². The lowest BCUT2D eigenvalue weighted by Crippen LogP contribution is -1.93. The summed E-state index contributed by atoms with van der Waals surface area (Å²) < 4.78 is 11.3. The summed E-state index contributed by atoms with van der Waals surface area (Å²) in [7, 11) is 0. The Morgan fingerprint density at radius 1 is 1.27 bits per heavy atom. The van der Waals surface area contributed by atoms with Gasteiger partial charge in [0.05, 0.1) is 11.0 Å². The van der Waals surface area contributed by atoms with Crippen molar-refractivity contribution in [3.05, 3.63) is 56.0 Å². The highest BCUT2D eigenvalue weighted by Gasteiger charge is 2.22. The van der Waals surface area contributed by atoms with Crippen LogP contribution in [0.3, 0.4) is 0 Å². The third kappa shape index (κ3) is 2.80. The lowest BCUT2D eigenvalue weighted by molar-refractivity contribution is -0.384. The van der Waals surface area contributed by atoms with Crippen molar-refractivity contribution < 1.29 is 14.4 Å². The molecule has 0 aromatic heterocycles. The van der Waals surface area contributed by atoms with Crippen molar-refractivity contribution in [1.29, 1.82) is 0 Å². The average molecular weight is 363 g/mol. The highest BCUT2D eigenvalue weighted by molar-refractivity contribution is 9.10. The van der Waals surface area contributed by atoms with Crippen LogP contribution < -0.4 is 9.47 Å². The number of nitro groups is 1. The van der Waals surface area contributed by atoms with Gasteiger partial charge in [-0.25, -0.2) is 4.99 Å². The van der Waals surface area contributed by atoms with Crippen LogP contribution in [0, 0.1) is 17.0 Å². The molecule has 1 heterocycles. The average Bonchev–Trinajstić information content (AvgIpc) is 2.92. The van der Waals surface area contributed by atoms with Crippen LogP contribution in [0.5, 0.6) is 11.5 Å². The van der Waals surface area contributed by atoms with E-state index in [-0.39, 0.29) is 18.2 Å². The SMILES string of the molecule is Cc1ccc(C=Nc2cc3c(cc2[N+](=O)[O-])OCO3)c(Br)c1. The van der Waals surface area contributed by atoms with E-state index in [0.717, 1.165) is 15.6 Å². The second-order valence-corrected chi connectivity index (χ2v) is 5.59. The number of hydrogen-bond donors (Lipinski definition) is 0. The molecule has 0 saturated carbocycles. The standard InChI is InChI=1S/C15H11BrN2O4/c1-9-2-3-10(11(16)4-9)7-17-12-5-14-15(22-8-21-14)6-13(12)18(19)20/h2-7H,8H2,1H3. The van der Waals surface area contributed by atoms with E-state index in [9.17, 15) is 10.1 Å². The third-order valence-electron chi connectivity index (χ3n) is 3.17. The topological polar surface area (TPSA) is 74.0 Å².